The zero-order valence-electron chi connectivity index (χ0n) is 9.39. The van der Waals surface area contributed by atoms with Gasteiger partial charge >= 0.3 is 0 Å². The Bertz CT molecular complexity index is 183. The first-order chi connectivity index (χ1) is 6.01. The van der Waals surface area contributed by atoms with Gasteiger partial charge in [-0.25, -0.2) is 0 Å². The predicted molar refractivity (Wildman–Crippen MR) is 61.1 cm³/mol. The summed E-state index contributed by atoms with van der Waals surface area (Å²) in [5.41, 5.74) is 0.688. The number of hydrogen-bond acceptors (Lipinski definition) is 1. The number of rotatable bonds is 2. The molecule has 76 valence electrons. The molecule has 1 heteroatoms. The van der Waals surface area contributed by atoms with Gasteiger partial charge in [-0.1, -0.05) is 27.7 Å². The Hall–Kier alpha value is 0.350. The van der Waals surface area contributed by atoms with E-state index in [0.29, 0.717) is 5.41 Å². The van der Waals surface area contributed by atoms with Gasteiger partial charge in [0.2, 0.25) is 0 Å². The molecule has 0 unspecified atom stereocenters. The van der Waals surface area contributed by atoms with E-state index in [0.717, 1.165) is 16.6 Å². The molecule has 2 rings (SSSR count). The minimum absolute atomic E-state index is 0.688. The molecule has 0 bridgehead atoms. The van der Waals surface area contributed by atoms with Crippen molar-refractivity contribution < 1.29 is 0 Å². The lowest BCUT2D eigenvalue weighted by Crippen LogP contribution is -2.58. The highest BCUT2D eigenvalue weighted by atomic mass is 32.2. The van der Waals surface area contributed by atoms with E-state index in [1.165, 1.54) is 25.0 Å². The highest BCUT2D eigenvalue weighted by Crippen LogP contribution is 2.67. The normalized spacial score (nSPS) is 29.1. The molecule has 13 heavy (non-hydrogen) atoms. The number of thioether (sulfide) groups is 1. The van der Waals surface area contributed by atoms with Gasteiger partial charge < -0.3 is 0 Å². The van der Waals surface area contributed by atoms with Crippen molar-refractivity contribution in [2.75, 3.05) is 5.75 Å². The largest absolute Gasteiger partial charge is 0.155 e. The lowest BCUT2D eigenvalue weighted by molar-refractivity contribution is -0.0263. The summed E-state index contributed by atoms with van der Waals surface area (Å²) in [6.07, 6.45) is 4.50. The van der Waals surface area contributed by atoms with Crippen molar-refractivity contribution in [2.45, 2.75) is 51.7 Å². The van der Waals surface area contributed by atoms with Crippen LogP contribution >= 0.6 is 11.8 Å². The Morgan fingerprint density at radius 2 is 1.46 bits per heavy atom. The van der Waals surface area contributed by atoms with Crippen molar-refractivity contribution >= 4 is 11.8 Å². The molecule has 0 N–H and O–H groups in total. The molecule has 1 saturated carbocycles. The van der Waals surface area contributed by atoms with E-state index in [1.807, 2.05) is 0 Å². The summed E-state index contributed by atoms with van der Waals surface area (Å²) in [4.78, 5) is 0. The van der Waals surface area contributed by atoms with Crippen LogP contribution < -0.4 is 0 Å². The SMILES string of the molecule is CC(C)C1(C(C)C)CC2(CCS2)C1. The second kappa shape index (κ2) is 2.92. The summed E-state index contributed by atoms with van der Waals surface area (Å²) in [6.45, 7) is 9.65. The molecular formula is C12H22S. The Morgan fingerprint density at radius 3 is 1.69 bits per heavy atom. The van der Waals surface area contributed by atoms with Crippen molar-refractivity contribution in [1.82, 2.24) is 0 Å². The van der Waals surface area contributed by atoms with Gasteiger partial charge in [0.15, 0.2) is 0 Å². The van der Waals surface area contributed by atoms with Gasteiger partial charge in [0, 0.05) is 4.75 Å². The van der Waals surface area contributed by atoms with Gasteiger partial charge in [-0.15, -0.1) is 0 Å². The van der Waals surface area contributed by atoms with Crippen molar-refractivity contribution in [3.63, 3.8) is 0 Å². The minimum Gasteiger partial charge on any atom is -0.155 e. The summed E-state index contributed by atoms with van der Waals surface area (Å²) in [6, 6.07) is 0. The van der Waals surface area contributed by atoms with E-state index >= 15 is 0 Å². The van der Waals surface area contributed by atoms with Crippen LogP contribution in [-0.4, -0.2) is 10.5 Å². The summed E-state index contributed by atoms with van der Waals surface area (Å²) in [5, 5.41) is 0. The summed E-state index contributed by atoms with van der Waals surface area (Å²) < 4.78 is 0.758. The average molecular weight is 198 g/mol. The van der Waals surface area contributed by atoms with Crippen LogP contribution in [0.3, 0.4) is 0 Å². The molecule has 0 aromatic carbocycles. The molecule has 2 aliphatic rings. The van der Waals surface area contributed by atoms with Gasteiger partial charge in [0.25, 0.3) is 0 Å². The molecule has 1 aliphatic carbocycles. The van der Waals surface area contributed by atoms with Crippen LogP contribution in [0, 0.1) is 17.3 Å². The average Bonchev–Trinajstić information content (AvgIpc) is 1.78. The maximum atomic E-state index is 2.41. The maximum absolute atomic E-state index is 2.41. The highest BCUT2D eigenvalue weighted by Gasteiger charge is 2.59. The van der Waals surface area contributed by atoms with E-state index in [4.69, 9.17) is 0 Å². The fourth-order valence-electron chi connectivity index (χ4n) is 3.30. The molecule has 0 aromatic rings. The van der Waals surface area contributed by atoms with E-state index in [1.54, 1.807) is 0 Å². The molecule has 0 nitrogen and oxygen atoms in total. The van der Waals surface area contributed by atoms with Crippen molar-refractivity contribution in [3.8, 4) is 0 Å². The molecule has 0 aromatic heterocycles. The van der Waals surface area contributed by atoms with Crippen molar-refractivity contribution in [2.24, 2.45) is 17.3 Å². The van der Waals surface area contributed by atoms with Crippen LogP contribution in [0.4, 0.5) is 0 Å². The number of hydrogen-bond donors (Lipinski definition) is 0. The van der Waals surface area contributed by atoms with Gasteiger partial charge in [0.1, 0.15) is 0 Å². The van der Waals surface area contributed by atoms with E-state index in [-0.39, 0.29) is 0 Å². The van der Waals surface area contributed by atoms with Crippen molar-refractivity contribution in [1.29, 1.82) is 0 Å². The standard InChI is InChI=1S/C12H22S/c1-9(2)12(10(3)4)7-11(8-12)5-6-13-11/h9-10H,5-8H2,1-4H3. The van der Waals surface area contributed by atoms with Gasteiger partial charge in [-0.2, -0.15) is 11.8 Å². The van der Waals surface area contributed by atoms with Crippen LogP contribution in [0.1, 0.15) is 47.0 Å². The topological polar surface area (TPSA) is 0 Å². The minimum atomic E-state index is 0.688. The van der Waals surface area contributed by atoms with Crippen LogP contribution in [0.2, 0.25) is 0 Å². The van der Waals surface area contributed by atoms with Crippen LogP contribution in [-0.2, 0) is 0 Å². The second-order valence-corrected chi connectivity index (χ2v) is 7.24. The first-order valence-electron chi connectivity index (χ1n) is 5.65. The predicted octanol–water partition coefficient (Wildman–Crippen LogP) is 3.95. The molecule has 0 radical (unpaired) electrons. The molecular weight excluding hydrogens is 176 g/mol. The fourth-order valence-corrected chi connectivity index (χ4v) is 4.82. The smallest absolute Gasteiger partial charge is 0.0178 e. The molecule has 0 amide bonds. The first kappa shape index (κ1) is 9.89. The quantitative estimate of drug-likeness (QED) is 0.647. The first-order valence-corrected chi connectivity index (χ1v) is 6.63. The fraction of sp³-hybridized carbons (Fsp3) is 1.00. The molecule has 1 saturated heterocycles. The lowest BCUT2D eigenvalue weighted by Gasteiger charge is -2.64. The van der Waals surface area contributed by atoms with Crippen LogP contribution in [0.5, 0.6) is 0 Å². The maximum Gasteiger partial charge on any atom is 0.0178 e. The summed E-state index contributed by atoms with van der Waals surface area (Å²) >= 11 is 2.23. The molecule has 2 fully saturated rings. The van der Waals surface area contributed by atoms with Crippen molar-refractivity contribution in [3.05, 3.63) is 0 Å². The molecule has 1 heterocycles. The monoisotopic (exact) mass is 198 g/mol. The Labute approximate surface area is 86.9 Å². The third-order valence-electron chi connectivity index (χ3n) is 4.57. The van der Waals surface area contributed by atoms with E-state index in [2.05, 4.69) is 39.5 Å². The van der Waals surface area contributed by atoms with E-state index < -0.39 is 0 Å². The summed E-state index contributed by atoms with van der Waals surface area (Å²) in [5.74, 6) is 3.17. The van der Waals surface area contributed by atoms with Crippen LogP contribution in [0.15, 0.2) is 0 Å². The molecule has 0 atom stereocenters. The third-order valence-corrected chi connectivity index (χ3v) is 6.08. The highest BCUT2D eigenvalue weighted by molar-refractivity contribution is 8.02. The van der Waals surface area contributed by atoms with Gasteiger partial charge in [0.05, 0.1) is 0 Å². The zero-order chi connectivity index (χ0) is 9.69. The molecule has 1 spiro atoms. The Kier molecular flexibility index (Phi) is 2.22. The second-order valence-electron chi connectivity index (χ2n) is 5.68. The van der Waals surface area contributed by atoms with Gasteiger partial charge in [-0.3, -0.25) is 0 Å². The molecule has 1 aliphatic heterocycles. The Morgan fingerprint density at radius 1 is 1.00 bits per heavy atom. The Balaban J connectivity index is 2.04. The van der Waals surface area contributed by atoms with Gasteiger partial charge in [-0.05, 0) is 42.3 Å². The lowest BCUT2D eigenvalue weighted by atomic mass is 9.50. The third kappa shape index (κ3) is 1.26. The van der Waals surface area contributed by atoms with E-state index in [9.17, 15) is 0 Å². The summed E-state index contributed by atoms with van der Waals surface area (Å²) in [7, 11) is 0. The van der Waals surface area contributed by atoms with Crippen LogP contribution in [0.25, 0.3) is 0 Å². The zero-order valence-corrected chi connectivity index (χ0v) is 10.2.